The van der Waals surface area contributed by atoms with E-state index in [1.165, 1.54) is 23.6 Å². The Morgan fingerprint density at radius 2 is 1.32 bits per heavy atom. The van der Waals surface area contributed by atoms with Gasteiger partial charge in [0.25, 0.3) is 0 Å². The van der Waals surface area contributed by atoms with Crippen LogP contribution in [-0.2, 0) is 33.6 Å². The molecule has 8 atom stereocenters. The maximum atomic E-state index is 14.0. The number of guanidine groups is 1. The van der Waals surface area contributed by atoms with Crippen molar-refractivity contribution in [3.8, 4) is 0 Å². The smallest absolute Gasteiger partial charge is 0.245 e. The van der Waals surface area contributed by atoms with E-state index in [1.54, 1.807) is 13.8 Å². The normalized spacial score (nSPS) is 20.2. The third kappa shape index (κ3) is 13.2. The van der Waals surface area contributed by atoms with Crippen LogP contribution >= 0.6 is 0 Å². The number of likely N-dealkylation sites (N-methyl/N-ethyl adjacent to an activating group) is 1. The summed E-state index contributed by atoms with van der Waals surface area (Å²) >= 11 is 0. The van der Waals surface area contributed by atoms with Crippen molar-refractivity contribution in [2.45, 2.75) is 142 Å². The number of nitrogens with one attached hydrogen (secondary N) is 5. The first kappa shape index (κ1) is 44.7. The Morgan fingerprint density at radius 1 is 0.774 bits per heavy atom. The molecule has 2 aliphatic rings. The Hall–Kier alpha value is -4.48. The van der Waals surface area contributed by atoms with Gasteiger partial charge < -0.3 is 53.0 Å². The van der Waals surface area contributed by atoms with Crippen LogP contribution in [0.2, 0.25) is 0 Å². The summed E-state index contributed by atoms with van der Waals surface area (Å²) in [5.74, 6) is -4.00. The number of hydrogen-bond donors (Lipinski definition) is 8. The molecule has 0 saturated carbocycles. The molecule has 7 amide bonds. The lowest BCUT2D eigenvalue weighted by Crippen LogP contribution is -2.61. The Kier molecular flexibility index (Phi) is 18.5. The molecule has 10 N–H and O–H groups in total. The molecule has 2 aliphatic heterocycles. The number of aliphatic hydroxyl groups excluding tert-OH is 1. The number of nitrogens with zero attached hydrogens (tertiary/aromatic N) is 3. The van der Waals surface area contributed by atoms with Gasteiger partial charge in [-0.15, -0.1) is 0 Å². The number of aliphatic imine (C=N–C) groups is 1. The van der Waals surface area contributed by atoms with Gasteiger partial charge in [0.2, 0.25) is 41.4 Å². The number of amides is 7. The minimum absolute atomic E-state index is 0.107. The molecule has 2 heterocycles. The summed E-state index contributed by atoms with van der Waals surface area (Å²) in [4.78, 5) is 99.8. The zero-order valence-corrected chi connectivity index (χ0v) is 32.1. The molecule has 0 aromatic carbocycles. The summed E-state index contributed by atoms with van der Waals surface area (Å²) in [6, 6.07) is -6.08. The van der Waals surface area contributed by atoms with Crippen LogP contribution in [0, 0.1) is 5.92 Å². The van der Waals surface area contributed by atoms with Gasteiger partial charge in [0.1, 0.15) is 36.3 Å². The highest BCUT2D eigenvalue weighted by atomic mass is 16.3. The highest BCUT2D eigenvalue weighted by Crippen LogP contribution is 2.23. The second-order valence-electron chi connectivity index (χ2n) is 13.9. The highest BCUT2D eigenvalue weighted by molar-refractivity contribution is 5.97. The highest BCUT2D eigenvalue weighted by Gasteiger charge is 2.42. The zero-order chi connectivity index (χ0) is 39.8. The van der Waals surface area contributed by atoms with E-state index < -0.39 is 77.8 Å². The van der Waals surface area contributed by atoms with E-state index >= 15 is 0 Å². The van der Waals surface area contributed by atoms with E-state index in [4.69, 9.17) is 11.5 Å². The van der Waals surface area contributed by atoms with Gasteiger partial charge in [-0.1, -0.05) is 33.6 Å². The minimum Gasteiger partial charge on any atom is -0.391 e. The fourth-order valence-electron chi connectivity index (χ4n) is 6.70. The van der Waals surface area contributed by atoms with E-state index in [0.717, 1.165) is 0 Å². The first-order valence-electron chi connectivity index (χ1n) is 18.9. The quantitative estimate of drug-likeness (QED) is 0.0399. The maximum Gasteiger partial charge on any atom is 0.245 e. The van der Waals surface area contributed by atoms with Crippen LogP contribution < -0.4 is 38.1 Å². The van der Waals surface area contributed by atoms with Gasteiger partial charge in [0, 0.05) is 33.1 Å². The van der Waals surface area contributed by atoms with Crippen LogP contribution in [-0.4, -0.2) is 131 Å². The fraction of sp³-hybridized carbons (Fsp3) is 0.771. The minimum atomic E-state index is -1.44. The third-order valence-corrected chi connectivity index (χ3v) is 9.70. The van der Waals surface area contributed by atoms with Crippen LogP contribution in [0.4, 0.5) is 0 Å². The van der Waals surface area contributed by atoms with Gasteiger partial charge in [0.15, 0.2) is 5.96 Å². The van der Waals surface area contributed by atoms with E-state index in [9.17, 15) is 38.7 Å². The number of aliphatic hydroxyl groups is 1. The molecule has 0 aromatic rings. The van der Waals surface area contributed by atoms with Crippen molar-refractivity contribution in [1.29, 1.82) is 0 Å². The van der Waals surface area contributed by atoms with Gasteiger partial charge in [-0.25, -0.2) is 0 Å². The van der Waals surface area contributed by atoms with Gasteiger partial charge in [-0.2, -0.15) is 0 Å². The van der Waals surface area contributed by atoms with Crippen molar-refractivity contribution in [3.05, 3.63) is 0 Å². The molecule has 300 valence electrons. The summed E-state index contributed by atoms with van der Waals surface area (Å²) in [5, 5.41) is 23.9. The predicted octanol–water partition coefficient (Wildman–Crippen LogP) is -1.66. The molecule has 0 aromatic heterocycles. The first-order valence-corrected chi connectivity index (χ1v) is 18.9. The van der Waals surface area contributed by atoms with E-state index in [-0.39, 0.29) is 43.7 Å². The fourth-order valence-corrected chi connectivity index (χ4v) is 6.70. The SMILES string of the molecule is CCC[C@H](NC(=O)[C@H](NC(=O)[C@H](NC(C)=O)[C@@H](C)CC)[C@@H](C)O)C(=O)N1CCC[C@H]1C(=O)N[C@@H](CCCN=C(N)N)C(=O)N1CCC[C@H]1C(=O)NCC. The lowest BCUT2D eigenvalue weighted by atomic mass is 9.97. The Labute approximate surface area is 312 Å². The van der Waals surface area contributed by atoms with Crippen LogP contribution in [0.1, 0.15) is 99.3 Å². The topological polar surface area (TPSA) is 271 Å². The number of hydrogen-bond acceptors (Lipinski definition) is 9. The molecule has 0 spiro atoms. The molecule has 2 saturated heterocycles. The van der Waals surface area contributed by atoms with E-state index in [1.807, 2.05) is 13.8 Å². The predicted molar refractivity (Wildman–Crippen MR) is 198 cm³/mol. The number of carbonyl (C=O) groups is 7. The molecule has 2 rings (SSSR count). The molecule has 18 nitrogen and oxygen atoms in total. The van der Waals surface area contributed by atoms with Crippen LogP contribution in [0.25, 0.3) is 0 Å². The second kappa shape index (κ2) is 21.9. The largest absolute Gasteiger partial charge is 0.391 e. The summed E-state index contributed by atoms with van der Waals surface area (Å²) in [7, 11) is 0. The summed E-state index contributed by atoms with van der Waals surface area (Å²) < 4.78 is 0. The molecule has 0 unspecified atom stereocenters. The average Bonchev–Trinajstić information content (AvgIpc) is 3.80. The molecule has 0 aliphatic carbocycles. The number of likely N-dealkylation sites (tertiary alicyclic amines) is 2. The molecule has 0 bridgehead atoms. The van der Waals surface area contributed by atoms with Crippen LogP contribution in [0.15, 0.2) is 4.99 Å². The van der Waals surface area contributed by atoms with Crippen molar-refractivity contribution in [1.82, 2.24) is 36.4 Å². The van der Waals surface area contributed by atoms with Crippen molar-refractivity contribution in [2.24, 2.45) is 22.4 Å². The Morgan fingerprint density at radius 3 is 1.81 bits per heavy atom. The lowest BCUT2D eigenvalue weighted by Gasteiger charge is -2.32. The zero-order valence-electron chi connectivity index (χ0n) is 32.1. The average molecular weight is 751 g/mol. The Bertz CT molecular complexity index is 1320. The molecular weight excluding hydrogens is 688 g/mol. The van der Waals surface area contributed by atoms with Gasteiger partial charge in [0.05, 0.1) is 6.10 Å². The molecule has 0 radical (unpaired) electrons. The van der Waals surface area contributed by atoms with Crippen LogP contribution in [0.3, 0.4) is 0 Å². The van der Waals surface area contributed by atoms with Gasteiger partial charge in [-0.3, -0.25) is 38.6 Å². The number of rotatable bonds is 20. The monoisotopic (exact) mass is 750 g/mol. The standard InChI is InChI=1S/C35H62N10O8/c1-7-13-23(42-32(51)28(21(5)46)43-31(50)27(20(4)8-2)40-22(6)47)33(52)45-19-12-16-26(45)30(49)41-24(14-10-17-39-35(36)37)34(53)44-18-11-15-25(44)29(48)38-9-3/h20-21,23-28,46H,7-19H2,1-6H3,(H,38,48)(H,40,47)(H,41,49)(H,42,51)(H,43,50)(H4,36,37,39)/t20-,21+,23-,24-,25-,26-,27+,28+/m0/s1. The second-order valence-corrected chi connectivity index (χ2v) is 13.9. The van der Waals surface area contributed by atoms with Gasteiger partial charge in [-0.05, 0) is 64.7 Å². The van der Waals surface area contributed by atoms with Gasteiger partial charge >= 0.3 is 0 Å². The molecule has 53 heavy (non-hydrogen) atoms. The lowest BCUT2D eigenvalue weighted by molar-refractivity contribution is -0.145. The third-order valence-electron chi connectivity index (χ3n) is 9.70. The van der Waals surface area contributed by atoms with Crippen molar-refractivity contribution >= 4 is 47.3 Å². The number of carbonyl (C=O) groups excluding carboxylic acids is 7. The summed E-state index contributed by atoms with van der Waals surface area (Å²) in [6.07, 6.45) is 2.39. The van der Waals surface area contributed by atoms with E-state index in [2.05, 4.69) is 31.6 Å². The van der Waals surface area contributed by atoms with Crippen molar-refractivity contribution < 1.29 is 38.7 Å². The summed E-state index contributed by atoms with van der Waals surface area (Å²) in [5.41, 5.74) is 10.9. The molecule has 2 fully saturated rings. The number of nitrogens with two attached hydrogens (primary N) is 2. The molecule has 18 heteroatoms. The van der Waals surface area contributed by atoms with Crippen LogP contribution in [0.5, 0.6) is 0 Å². The summed E-state index contributed by atoms with van der Waals surface area (Å²) in [6.45, 7) is 11.0. The van der Waals surface area contributed by atoms with Crippen molar-refractivity contribution in [2.75, 3.05) is 26.2 Å². The molecular formula is C35H62N10O8. The van der Waals surface area contributed by atoms with Crippen molar-refractivity contribution in [3.63, 3.8) is 0 Å². The maximum absolute atomic E-state index is 14.0. The Balaban J connectivity index is 2.26. The first-order chi connectivity index (χ1) is 25.1. The van der Waals surface area contributed by atoms with E-state index in [0.29, 0.717) is 58.0 Å².